The van der Waals surface area contributed by atoms with Crippen molar-refractivity contribution in [1.82, 2.24) is 0 Å². The second-order valence-corrected chi connectivity index (χ2v) is 6.63. The highest BCUT2D eigenvalue weighted by molar-refractivity contribution is 5.99. The summed E-state index contributed by atoms with van der Waals surface area (Å²) in [7, 11) is 0. The van der Waals surface area contributed by atoms with E-state index in [1.807, 2.05) is 24.3 Å². The Labute approximate surface area is 147 Å². The van der Waals surface area contributed by atoms with Crippen LogP contribution in [-0.2, 0) is 24.2 Å². The fourth-order valence-corrected chi connectivity index (χ4v) is 3.42. The third-order valence-electron chi connectivity index (χ3n) is 4.88. The van der Waals surface area contributed by atoms with Crippen LogP contribution in [0.25, 0.3) is 0 Å². The molecule has 128 valence electrons. The van der Waals surface area contributed by atoms with E-state index in [-0.39, 0.29) is 5.91 Å². The van der Waals surface area contributed by atoms with Crippen molar-refractivity contribution in [2.24, 2.45) is 10.7 Å². The topological polar surface area (TPSA) is 70.7 Å². The average molecular weight is 334 g/mol. The standard InChI is InChI=1S/C20H22N4O/c21-20(23-17-8-7-15-4-2-5-16(15)12-17)22-13-14-3-1-6-18(11-14)24-10-9-19(24)25/h1,3,6-8,11-12H,2,4-5,9-10,13H2,(H3,21,22,23). The van der Waals surface area contributed by atoms with Crippen LogP contribution in [0.1, 0.15) is 29.5 Å². The second-order valence-electron chi connectivity index (χ2n) is 6.63. The van der Waals surface area contributed by atoms with Crippen LogP contribution in [0.4, 0.5) is 11.4 Å². The van der Waals surface area contributed by atoms with Crippen LogP contribution in [-0.4, -0.2) is 18.4 Å². The van der Waals surface area contributed by atoms with E-state index in [9.17, 15) is 4.79 Å². The average Bonchev–Trinajstić information content (AvgIpc) is 3.07. The summed E-state index contributed by atoms with van der Waals surface area (Å²) in [4.78, 5) is 17.8. The fraction of sp³-hybridized carbons (Fsp3) is 0.300. The first-order valence-corrected chi connectivity index (χ1v) is 8.77. The maximum absolute atomic E-state index is 11.6. The zero-order valence-electron chi connectivity index (χ0n) is 14.2. The second kappa shape index (κ2) is 6.59. The molecular formula is C20H22N4O. The molecule has 1 aliphatic carbocycles. The van der Waals surface area contributed by atoms with Crippen molar-refractivity contribution in [2.75, 3.05) is 16.8 Å². The molecule has 1 fully saturated rings. The Bertz CT molecular complexity index is 843. The highest BCUT2D eigenvalue weighted by Gasteiger charge is 2.24. The van der Waals surface area contributed by atoms with Gasteiger partial charge in [-0.25, -0.2) is 4.99 Å². The zero-order valence-corrected chi connectivity index (χ0v) is 14.2. The molecular weight excluding hydrogens is 312 g/mol. The van der Waals surface area contributed by atoms with Gasteiger partial charge in [0.1, 0.15) is 0 Å². The van der Waals surface area contributed by atoms with Crippen molar-refractivity contribution < 1.29 is 4.79 Å². The maximum Gasteiger partial charge on any atom is 0.228 e. The first-order chi connectivity index (χ1) is 12.2. The molecule has 0 saturated carbocycles. The maximum atomic E-state index is 11.6. The number of nitrogens with two attached hydrogens (primary N) is 1. The molecule has 0 unspecified atom stereocenters. The van der Waals surface area contributed by atoms with Gasteiger partial charge >= 0.3 is 0 Å². The number of guanidine groups is 1. The van der Waals surface area contributed by atoms with E-state index in [2.05, 4.69) is 28.5 Å². The van der Waals surface area contributed by atoms with Gasteiger partial charge in [-0.2, -0.15) is 0 Å². The third-order valence-corrected chi connectivity index (χ3v) is 4.88. The van der Waals surface area contributed by atoms with Crippen LogP contribution in [0.5, 0.6) is 0 Å². The Morgan fingerprint density at radius 1 is 1.12 bits per heavy atom. The predicted octanol–water partition coefficient (Wildman–Crippen LogP) is 2.84. The van der Waals surface area contributed by atoms with E-state index in [4.69, 9.17) is 5.73 Å². The summed E-state index contributed by atoms with van der Waals surface area (Å²) >= 11 is 0. The van der Waals surface area contributed by atoms with Crippen LogP contribution < -0.4 is 16.0 Å². The van der Waals surface area contributed by atoms with Gasteiger partial charge in [0.15, 0.2) is 5.96 Å². The summed E-state index contributed by atoms with van der Waals surface area (Å²) in [6.45, 7) is 1.28. The molecule has 1 heterocycles. The van der Waals surface area contributed by atoms with Crippen molar-refractivity contribution >= 4 is 23.2 Å². The number of carbonyl (C=O) groups excluding carboxylic acids is 1. The number of fused-ring (bicyclic) bond motifs is 1. The van der Waals surface area contributed by atoms with Gasteiger partial charge in [0.25, 0.3) is 0 Å². The van der Waals surface area contributed by atoms with Gasteiger partial charge in [0.2, 0.25) is 5.91 Å². The number of anilines is 2. The van der Waals surface area contributed by atoms with Crippen molar-refractivity contribution in [3.05, 3.63) is 59.2 Å². The number of hydrogen-bond donors (Lipinski definition) is 2. The highest BCUT2D eigenvalue weighted by Crippen LogP contribution is 2.25. The Morgan fingerprint density at radius 3 is 2.80 bits per heavy atom. The first-order valence-electron chi connectivity index (χ1n) is 8.77. The largest absolute Gasteiger partial charge is 0.370 e. The molecule has 3 N–H and O–H groups in total. The van der Waals surface area contributed by atoms with Gasteiger partial charge in [-0.1, -0.05) is 18.2 Å². The molecule has 0 radical (unpaired) electrons. The number of hydrogen-bond acceptors (Lipinski definition) is 2. The van der Waals surface area contributed by atoms with Crippen molar-refractivity contribution in [2.45, 2.75) is 32.2 Å². The van der Waals surface area contributed by atoms with E-state index in [1.165, 1.54) is 24.0 Å². The van der Waals surface area contributed by atoms with Gasteiger partial charge in [0, 0.05) is 24.3 Å². The molecule has 0 aromatic heterocycles. The van der Waals surface area contributed by atoms with Crippen LogP contribution >= 0.6 is 0 Å². The number of nitrogens with one attached hydrogen (secondary N) is 1. The van der Waals surface area contributed by atoms with Crippen LogP contribution in [0.3, 0.4) is 0 Å². The lowest BCUT2D eigenvalue weighted by molar-refractivity contribution is -0.122. The molecule has 5 heteroatoms. The fourth-order valence-electron chi connectivity index (χ4n) is 3.42. The number of carbonyl (C=O) groups is 1. The van der Waals surface area contributed by atoms with Crippen LogP contribution in [0.2, 0.25) is 0 Å². The number of β-lactam (4-membered cyclic amide) rings is 1. The molecule has 25 heavy (non-hydrogen) atoms. The summed E-state index contributed by atoms with van der Waals surface area (Å²) in [6, 6.07) is 14.3. The Kier molecular flexibility index (Phi) is 4.14. The molecule has 2 aromatic rings. The Hall–Kier alpha value is -2.82. The normalized spacial score (nSPS) is 16.6. The van der Waals surface area contributed by atoms with E-state index < -0.39 is 0 Å². The minimum absolute atomic E-state index is 0.179. The van der Waals surface area contributed by atoms with Crippen LogP contribution in [0, 0.1) is 0 Å². The third kappa shape index (κ3) is 3.36. The monoisotopic (exact) mass is 334 g/mol. The molecule has 0 spiro atoms. The Balaban J connectivity index is 1.41. The van der Waals surface area contributed by atoms with E-state index in [0.29, 0.717) is 18.9 Å². The number of benzene rings is 2. The van der Waals surface area contributed by atoms with Gasteiger partial charge in [-0.05, 0) is 60.2 Å². The smallest absolute Gasteiger partial charge is 0.228 e. The van der Waals surface area contributed by atoms with Crippen LogP contribution in [0.15, 0.2) is 47.5 Å². The molecule has 1 aliphatic heterocycles. The molecule has 2 aliphatic rings. The molecule has 1 amide bonds. The van der Waals surface area contributed by atoms with E-state index in [0.717, 1.165) is 29.9 Å². The molecule has 2 aromatic carbocycles. The van der Waals surface area contributed by atoms with E-state index >= 15 is 0 Å². The lowest BCUT2D eigenvalue weighted by atomic mass is 10.1. The number of aryl methyl sites for hydroxylation is 2. The van der Waals surface area contributed by atoms with E-state index in [1.54, 1.807) is 4.90 Å². The van der Waals surface area contributed by atoms with Crippen molar-refractivity contribution in [1.29, 1.82) is 0 Å². The Morgan fingerprint density at radius 2 is 2.00 bits per heavy atom. The summed E-state index contributed by atoms with van der Waals surface area (Å²) in [6.07, 6.45) is 4.19. The number of rotatable bonds is 4. The highest BCUT2D eigenvalue weighted by atomic mass is 16.2. The summed E-state index contributed by atoms with van der Waals surface area (Å²) < 4.78 is 0. The summed E-state index contributed by atoms with van der Waals surface area (Å²) in [5, 5.41) is 3.17. The molecule has 5 nitrogen and oxygen atoms in total. The van der Waals surface area contributed by atoms with Crippen molar-refractivity contribution in [3.8, 4) is 0 Å². The minimum atomic E-state index is 0.179. The summed E-state index contributed by atoms with van der Waals surface area (Å²) in [5.41, 5.74) is 11.8. The molecule has 4 rings (SSSR count). The lowest BCUT2D eigenvalue weighted by Gasteiger charge is -2.30. The number of nitrogens with zero attached hydrogens (tertiary/aromatic N) is 2. The van der Waals surface area contributed by atoms with Crippen molar-refractivity contribution in [3.63, 3.8) is 0 Å². The number of amides is 1. The lowest BCUT2D eigenvalue weighted by Crippen LogP contribution is -2.43. The molecule has 0 bridgehead atoms. The first kappa shape index (κ1) is 15.7. The van der Waals surface area contributed by atoms with Gasteiger partial charge in [-0.15, -0.1) is 0 Å². The minimum Gasteiger partial charge on any atom is -0.370 e. The summed E-state index contributed by atoms with van der Waals surface area (Å²) in [5.74, 6) is 0.585. The zero-order chi connectivity index (χ0) is 17.2. The van der Waals surface area contributed by atoms with Gasteiger partial charge in [-0.3, -0.25) is 4.79 Å². The number of aliphatic imine (C=N–C) groups is 1. The predicted molar refractivity (Wildman–Crippen MR) is 101 cm³/mol. The van der Waals surface area contributed by atoms with Gasteiger partial charge in [0.05, 0.1) is 6.54 Å². The molecule has 0 atom stereocenters. The SMILES string of the molecule is NC(=NCc1cccc(N2CCC2=O)c1)Nc1ccc2c(c1)CCC2. The molecule has 1 saturated heterocycles. The quantitative estimate of drug-likeness (QED) is 0.513. The van der Waals surface area contributed by atoms with Gasteiger partial charge < -0.3 is 16.0 Å².